The molecule has 19 heavy (non-hydrogen) atoms. The van der Waals surface area contributed by atoms with Gasteiger partial charge >= 0.3 is 0 Å². The first-order valence-electron chi connectivity index (χ1n) is 7.88. The Morgan fingerprint density at radius 1 is 1.26 bits per heavy atom. The average Bonchev–Trinajstić information content (AvgIpc) is 2.80. The summed E-state index contributed by atoms with van der Waals surface area (Å²) < 4.78 is 2.17. The van der Waals surface area contributed by atoms with Crippen molar-refractivity contribution in [1.29, 1.82) is 0 Å². The first-order chi connectivity index (χ1) is 9.12. The molecule has 1 aromatic heterocycles. The molecule has 3 heteroatoms. The molecule has 0 saturated heterocycles. The van der Waals surface area contributed by atoms with Gasteiger partial charge < -0.3 is 5.32 Å². The van der Waals surface area contributed by atoms with Gasteiger partial charge in [0.1, 0.15) is 0 Å². The predicted molar refractivity (Wildman–Crippen MR) is 82.5 cm³/mol. The van der Waals surface area contributed by atoms with E-state index in [0.29, 0.717) is 11.8 Å². The second-order valence-corrected chi connectivity index (χ2v) is 5.71. The smallest absolute Gasteiger partial charge is 0.0624 e. The van der Waals surface area contributed by atoms with E-state index >= 15 is 0 Å². The van der Waals surface area contributed by atoms with E-state index in [1.54, 1.807) is 0 Å². The van der Waals surface area contributed by atoms with Crippen LogP contribution in [0, 0.1) is 11.8 Å². The molecule has 0 fully saturated rings. The molecule has 0 amide bonds. The summed E-state index contributed by atoms with van der Waals surface area (Å²) in [6, 6.07) is 2.29. The van der Waals surface area contributed by atoms with Crippen LogP contribution in [0.3, 0.4) is 0 Å². The van der Waals surface area contributed by atoms with Gasteiger partial charge in [-0.3, -0.25) is 4.68 Å². The lowest BCUT2D eigenvalue weighted by molar-refractivity contribution is 0.352. The van der Waals surface area contributed by atoms with Crippen molar-refractivity contribution < 1.29 is 0 Å². The topological polar surface area (TPSA) is 29.9 Å². The number of aryl methyl sites for hydroxylation is 2. The van der Waals surface area contributed by atoms with Gasteiger partial charge in [0.25, 0.3) is 0 Å². The Labute approximate surface area is 118 Å². The van der Waals surface area contributed by atoms with Crippen molar-refractivity contribution in [2.24, 2.45) is 11.8 Å². The Balaban J connectivity index is 2.69. The molecular weight excluding hydrogens is 234 g/mol. The number of hydrogen-bond acceptors (Lipinski definition) is 2. The fourth-order valence-corrected chi connectivity index (χ4v) is 2.40. The van der Waals surface area contributed by atoms with E-state index in [0.717, 1.165) is 32.5 Å². The van der Waals surface area contributed by atoms with Gasteiger partial charge in [-0.2, -0.15) is 5.10 Å². The zero-order valence-electron chi connectivity index (χ0n) is 13.4. The molecule has 0 aliphatic rings. The van der Waals surface area contributed by atoms with E-state index in [-0.39, 0.29) is 0 Å². The van der Waals surface area contributed by atoms with Gasteiger partial charge in [-0.05, 0) is 57.2 Å². The highest BCUT2D eigenvalue weighted by molar-refractivity contribution is 5.11. The fourth-order valence-electron chi connectivity index (χ4n) is 2.40. The third-order valence-corrected chi connectivity index (χ3v) is 3.82. The van der Waals surface area contributed by atoms with Crippen LogP contribution in [0.15, 0.2) is 6.07 Å². The lowest BCUT2D eigenvalue weighted by Crippen LogP contribution is -2.29. The van der Waals surface area contributed by atoms with Gasteiger partial charge in [-0.15, -0.1) is 0 Å². The van der Waals surface area contributed by atoms with Gasteiger partial charge in [0.2, 0.25) is 0 Å². The molecule has 0 bridgehead atoms. The Hall–Kier alpha value is -0.830. The Kier molecular flexibility index (Phi) is 7.14. The zero-order valence-corrected chi connectivity index (χ0v) is 13.4. The normalized spacial score (nSPS) is 13.2. The van der Waals surface area contributed by atoms with Gasteiger partial charge in [0.05, 0.1) is 5.69 Å². The number of rotatable bonds is 9. The highest BCUT2D eigenvalue weighted by atomic mass is 15.3. The molecular formula is C16H31N3. The second-order valence-electron chi connectivity index (χ2n) is 5.71. The molecule has 1 N–H and O–H groups in total. The Morgan fingerprint density at radius 3 is 2.53 bits per heavy atom. The van der Waals surface area contributed by atoms with Gasteiger partial charge in [0.15, 0.2) is 0 Å². The van der Waals surface area contributed by atoms with Crippen LogP contribution in [0.5, 0.6) is 0 Å². The van der Waals surface area contributed by atoms with E-state index in [2.05, 4.69) is 55.8 Å². The lowest BCUT2D eigenvalue weighted by atomic mass is 9.91. The van der Waals surface area contributed by atoms with Crippen molar-refractivity contribution in [2.75, 3.05) is 13.1 Å². The minimum atomic E-state index is 0.693. The summed E-state index contributed by atoms with van der Waals surface area (Å²) in [6.07, 6.45) is 3.37. The third kappa shape index (κ3) is 4.98. The van der Waals surface area contributed by atoms with E-state index in [4.69, 9.17) is 0 Å². The Morgan fingerprint density at radius 2 is 2.00 bits per heavy atom. The van der Waals surface area contributed by atoms with Crippen LogP contribution < -0.4 is 5.32 Å². The van der Waals surface area contributed by atoms with E-state index in [9.17, 15) is 0 Å². The standard InChI is InChI=1S/C16H31N3/c1-6-9-17-12-14(13(4)5)10-16-11-15(7-2)18-19(16)8-3/h11,13-14,17H,6-10,12H2,1-5H3. The highest BCUT2D eigenvalue weighted by Gasteiger charge is 2.16. The summed E-state index contributed by atoms with van der Waals surface area (Å²) in [5.41, 5.74) is 2.62. The van der Waals surface area contributed by atoms with Crippen LogP contribution in [0.25, 0.3) is 0 Å². The Bertz CT molecular complexity index is 355. The third-order valence-electron chi connectivity index (χ3n) is 3.82. The van der Waals surface area contributed by atoms with Gasteiger partial charge in [-0.1, -0.05) is 27.7 Å². The van der Waals surface area contributed by atoms with Crippen molar-refractivity contribution in [3.63, 3.8) is 0 Å². The van der Waals surface area contributed by atoms with Crippen LogP contribution >= 0.6 is 0 Å². The maximum Gasteiger partial charge on any atom is 0.0624 e. The first kappa shape index (κ1) is 16.2. The molecule has 0 aromatic carbocycles. The number of hydrogen-bond donors (Lipinski definition) is 1. The molecule has 1 heterocycles. The van der Waals surface area contributed by atoms with Crippen molar-refractivity contribution in [2.45, 2.75) is 60.4 Å². The molecule has 1 unspecified atom stereocenters. The minimum absolute atomic E-state index is 0.693. The molecule has 0 saturated carbocycles. The second kappa shape index (κ2) is 8.36. The van der Waals surface area contributed by atoms with Crippen LogP contribution in [-0.4, -0.2) is 22.9 Å². The van der Waals surface area contributed by atoms with Crippen LogP contribution in [0.4, 0.5) is 0 Å². The van der Waals surface area contributed by atoms with E-state index < -0.39 is 0 Å². The molecule has 0 aliphatic carbocycles. The zero-order chi connectivity index (χ0) is 14.3. The molecule has 1 aromatic rings. The molecule has 110 valence electrons. The van der Waals surface area contributed by atoms with Crippen molar-refractivity contribution in [1.82, 2.24) is 15.1 Å². The summed E-state index contributed by atoms with van der Waals surface area (Å²) >= 11 is 0. The van der Waals surface area contributed by atoms with Crippen molar-refractivity contribution >= 4 is 0 Å². The molecule has 0 radical (unpaired) electrons. The number of aromatic nitrogens is 2. The lowest BCUT2D eigenvalue weighted by Gasteiger charge is -2.21. The maximum absolute atomic E-state index is 4.65. The molecule has 1 atom stereocenters. The monoisotopic (exact) mass is 265 g/mol. The average molecular weight is 265 g/mol. The largest absolute Gasteiger partial charge is 0.316 e. The molecule has 3 nitrogen and oxygen atoms in total. The van der Waals surface area contributed by atoms with E-state index in [1.165, 1.54) is 17.8 Å². The highest BCUT2D eigenvalue weighted by Crippen LogP contribution is 2.18. The number of nitrogens with zero attached hydrogens (tertiary/aromatic N) is 2. The number of nitrogens with one attached hydrogen (secondary N) is 1. The van der Waals surface area contributed by atoms with Gasteiger partial charge in [0, 0.05) is 12.2 Å². The predicted octanol–water partition coefficient (Wildman–Crippen LogP) is 3.28. The molecule has 0 aliphatic heterocycles. The SMILES string of the molecule is CCCNCC(Cc1cc(CC)nn1CC)C(C)C. The summed E-state index contributed by atoms with van der Waals surface area (Å²) in [7, 11) is 0. The fraction of sp³-hybridized carbons (Fsp3) is 0.812. The summed E-state index contributed by atoms with van der Waals surface area (Å²) in [5.74, 6) is 1.40. The quantitative estimate of drug-likeness (QED) is 0.694. The summed E-state index contributed by atoms with van der Waals surface area (Å²) in [5, 5.41) is 8.22. The van der Waals surface area contributed by atoms with Gasteiger partial charge in [-0.25, -0.2) is 0 Å². The molecule has 0 spiro atoms. The van der Waals surface area contributed by atoms with E-state index in [1.807, 2.05) is 0 Å². The van der Waals surface area contributed by atoms with Crippen molar-refractivity contribution in [3.05, 3.63) is 17.5 Å². The maximum atomic E-state index is 4.65. The van der Waals surface area contributed by atoms with Crippen LogP contribution in [-0.2, 0) is 19.4 Å². The minimum Gasteiger partial charge on any atom is -0.316 e. The van der Waals surface area contributed by atoms with Crippen molar-refractivity contribution in [3.8, 4) is 0 Å². The summed E-state index contributed by atoms with van der Waals surface area (Å²) in [6.45, 7) is 14.4. The molecule has 1 rings (SSSR count). The summed E-state index contributed by atoms with van der Waals surface area (Å²) in [4.78, 5) is 0. The van der Waals surface area contributed by atoms with Crippen LogP contribution in [0.1, 0.15) is 52.4 Å². The first-order valence-corrected chi connectivity index (χ1v) is 7.88. The van der Waals surface area contributed by atoms with Crippen LogP contribution in [0.2, 0.25) is 0 Å².